The smallest absolute Gasteiger partial charge is 0.278 e. The number of carbonyl (C=O) groups excluding carboxylic acids is 1. The molecule has 2 heterocycles. The van der Waals surface area contributed by atoms with Crippen molar-refractivity contribution in [2.24, 2.45) is 0 Å². The lowest BCUT2D eigenvalue weighted by atomic mass is 10.2. The highest BCUT2D eigenvalue weighted by molar-refractivity contribution is 7.11. The van der Waals surface area contributed by atoms with Crippen molar-refractivity contribution in [3.05, 3.63) is 58.9 Å². The molecular weight excluding hydrogens is 302 g/mol. The van der Waals surface area contributed by atoms with E-state index in [0.29, 0.717) is 23.2 Å². The molecule has 2 aromatic heterocycles. The van der Waals surface area contributed by atoms with Crippen LogP contribution in [0.25, 0.3) is 0 Å². The number of aryl methyl sites for hydroxylation is 1. The van der Waals surface area contributed by atoms with E-state index >= 15 is 0 Å². The maximum absolute atomic E-state index is 11.8. The molecule has 0 aliphatic heterocycles. The first kappa shape index (κ1) is 14.3. The molecule has 1 aromatic carbocycles. The Labute approximate surface area is 130 Å². The third-order valence-corrected chi connectivity index (χ3v) is 3.50. The lowest BCUT2D eigenvalue weighted by Gasteiger charge is -2.05. The van der Waals surface area contributed by atoms with Gasteiger partial charge in [-0.15, -0.1) is 0 Å². The summed E-state index contributed by atoms with van der Waals surface area (Å²) >= 11 is 1.43. The molecule has 0 aliphatic rings. The van der Waals surface area contributed by atoms with Gasteiger partial charge in [-0.3, -0.25) is 4.79 Å². The third-order valence-electron chi connectivity index (χ3n) is 2.85. The van der Waals surface area contributed by atoms with Gasteiger partial charge >= 0.3 is 0 Å². The second kappa shape index (κ2) is 6.40. The first-order valence-corrected chi connectivity index (χ1v) is 7.46. The van der Waals surface area contributed by atoms with E-state index < -0.39 is 0 Å². The van der Waals surface area contributed by atoms with Gasteiger partial charge in [0.05, 0.1) is 0 Å². The van der Waals surface area contributed by atoms with Crippen molar-refractivity contribution in [2.45, 2.75) is 13.5 Å². The second-order valence-electron chi connectivity index (χ2n) is 4.55. The molecule has 0 aliphatic carbocycles. The zero-order chi connectivity index (χ0) is 15.4. The number of nitrogens with zero attached hydrogens (tertiary/aromatic N) is 2. The molecule has 0 spiro atoms. The van der Waals surface area contributed by atoms with E-state index in [-0.39, 0.29) is 11.6 Å². The van der Waals surface area contributed by atoms with Crippen molar-refractivity contribution < 1.29 is 14.1 Å². The van der Waals surface area contributed by atoms with E-state index in [1.54, 1.807) is 19.2 Å². The Balaban J connectivity index is 1.56. The number of aromatic nitrogens is 2. The van der Waals surface area contributed by atoms with E-state index in [1.807, 2.05) is 29.6 Å². The predicted molar refractivity (Wildman–Crippen MR) is 81.0 cm³/mol. The van der Waals surface area contributed by atoms with E-state index in [4.69, 9.17) is 9.26 Å². The van der Waals surface area contributed by atoms with E-state index in [2.05, 4.69) is 15.5 Å². The molecule has 0 saturated heterocycles. The number of nitrogens with one attached hydrogen (secondary N) is 1. The monoisotopic (exact) mass is 315 g/mol. The van der Waals surface area contributed by atoms with Gasteiger partial charge in [0, 0.05) is 24.2 Å². The van der Waals surface area contributed by atoms with Crippen molar-refractivity contribution in [1.29, 1.82) is 0 Å². The van der Waals surface area contributed by atoms with Gasteiger partial charge in [-0.2, -0.15) is 0 Å². The molecule has 1 amide bonds. The molecule has 0 radical (unpaired) electrons. The summed E-state index contributed by atoms with van der Waals surface area (Å²) in [4.78, 5) is 15.9. The van der Waals surface area contributed by atoms with Crippen molar-refractivity contribution in [3.63, 3.8) is 0 Å². The third kappa shape index (κ3) is 3.50. The van der Waals surface area contributed by atoms with Crippen LogP contribution >= 0.6 is 11.3 Å². The summed E-state index contributed by atoms with van der Waals surface area (Å²) in [5.74, 6) is 1.05. The van der Waals surface area contributed by atoms with Gasteiger partial charge in [0.2, 0.25) is 0 Å². The maximum atomic E-state index is 11.8. The SMILES string of the molecule is Cc1cc(C(=O)NCc2ccc(Oc3nccs3)cc2)no1. The number of benzene rings is 1. The minimum atomic E-state index is -0.264. The van der Waals surface area contributed by atoms with Crippen LogP contribution in [0.3, 0.4) is 0 Å². The normalized spacial score (nSPS) is 10.4. The number of hydrogen-bond donors (Lipinski definition) is 1. The van der Waals surface area contributed by atoms with Crippen molar-refractivity contribution in [1.82, 2.24) is 15.5 Å². The number of amides is 1. The summed E-state index contributed by atoms with van der Waals surface area (Å²) in [5, 5.41) is 8.90. The number of hydrogen-bond acceptors (Lipinski definition) is 6. The van der Waals surface area contributed by atoms with Crippen molar-refractivity contribution in [3.8, 4) is 10.9 Å². The van der Waals surface area contributed by atoms with Crippen LogP contribution in [-0.2, 0) is 6.54 Å². The summed E-state index contributed by atoms with van der Waals surface area (Å²) in [5.41, 5.74) is 1.24. The van der Waals surface area contributed by atoms with Gasteiger partial charge in [0.15, 0.2) is 5.69 Å². The Morgan fingerprint density at radius 2 is 2.18 bits per heavy atom. The summed E-state index contributed by atoms with van der Waals surface area (Å²) in [6.07, 6.45) is 1.69. The number of rotatable bonds is 5. The van der Waals surface area contributed by atoms with Crippen molar-refractivity contribution >= 4 is 17.2 Å². The first-order valence-electron chi connectivity index (χ1n) is 6.58. The molecule has 0 atom stereocenters. The van der Waals surface area contributed by atoms with Gasteiger partial charge in [-0.1, -0.05) is 28.6 Å². The van der Waals surface area contributed by atoms with E-state index in [1.165, 1.54) is 11.3 Å². The molecule has 0 bridgehead atoms. The fraction of sp³-hybridized carbons (Fsp3) is 0.133. The maximum Gasteiger partial charge on any atom is 0.278 e. The summed E-state index contributed by atoms with van der Waals surface area (Å²) in [7, 11) is 0. The summed E-state index contributed by atoms with van der Waals surface area (Å²) in [6.45, 7) is 2.15. The molecule has 1 N–H and O–H groups in total. The molecule has 3 aromatic rings. The molecule has 0 saturated carbocycles. The topological polar surface area (TPSA) is 77.2 Å². The fourth-order valence-corrected chi connectivity index (χ4v) is 2.29. The zero-order valence-electron chi connectivity index (χ0n) is 11.8. The van der Waals surface area contributed by atoms with Crippen LogP contribution in [0.4, 0.5) is 0 Å². The number of carbonyl (C=O) groups is 1. The molecule has 3 rings (SSSR count). The Hall–Kier alpha value is -2.67. The molecular formula is C15H13N3O3S. The zero-order valence-corrected chi connectivity index (χ0v) is 12.6. The second-order valence-corrected chi connectivity index (χ2v) is 5.41. The van der Waals surface area contributed by atoms with Crippen LogP contribution in [0, 0.1) is 6.92 Å². The van der Waals surface area contributed by atoms with Crippen LogP contribution in [0.15, 0.2) is 46.4 Å². The summed E-state index contributed by atoms with van der Waals surface area (Å²) in [6, 6.07) is 9.04. The summed E-state index contributed by atoms with van der Waals surface area (Å²) < 4.78 is 10.4. The van der Waals surface area contributed by atoms with Crippen LogP contribution in [0.5, 0.6) is 10.9 Å². The Morgan fingerprint density at radius 1 is 1.36 bits per heavy atom. The largest absolute Gasteiger partial charge is 0.431 e. The van der Waals surface area contributed by atoms with E-state index in [9.17, 15) is 4.79 Å². The van der Waals surface area contributed by atoms with Crippen LogP contribution in [0.1, 0.15) is 21.8 Å². The molecule has 7 heteroatoms. The van der Waals surface area contributed by atoms with Crippen LogP contribution in [0.2, 0.25) is 0 Å². The lowest BCUT2D eigenvalue weighted by Crippen LogP contribution is -2.22. The molecule has 0 fully saturated rings. The lowest BCUT2D eigenvalue weighted by molar-refractivity contribution is 0.0942. The molecule has 112 valence electrons. The molecule has 6 nitrogen and oxygen atoms in total. The van der Waals surface area contributed by atoms with Crippen LogP contribution in [-0.4, -0.2) is 16.0 Å². The minimum absolute atomic E-state index is 0.264. The van der Waals surface area contributed by atoms with Gasteiger partial charge in [0.1, 0.15) is 11.5 Å². The highest BCUT2D eigenvalue weighted by Gasteiger charge is 2.10. The Kier molecular flexibility index (Phi) is 4.15. The van der Waals surface area contributed by atoms with Gasteiger partial charge in [-0.25, -0.2) is 4.98 Å². The highest BCUT2D eigenvalue weighted by Crippen LogP contribution is 2.23. The number of ether oxygens (including phenoxy) is 1. The van der Waals surface area contributed by atoms with Gasteiger partial charge < -0.3 is 14.6 Å². The average molecular weight is 315 g/mol. The van der Waals surface area contributed by atoms with Crippen molar-refractivity contribution in [2.75, 3.05) is 0 Å². The predicted octanol–water partition coefficient (Wildman–Crippen LogP) is 3.16. The fourth-order valence-electron chi connectivity index (χ4n) is 1.78. The standard InChI is InChI=1S/C15H13N3O3S/c1-10-8-13(18-21-10)14(19)17-9-11-2-4-12(5-3-11)20-15-16-6-7-22-15/h2-8H,9H2,1H3,(H,17,19). The minimum Gasteiger partial charge on any atom is -0.431 e. The Bertz CT molecular complexity index is 751. The average Bonchev–Trinajstić information content (AvgIpc) is 3.18. The van der Waals surface area contributed by atoms with Crippen LogP contribution < -0.4 is 10.1 Å². The van der Waals surface area contributed by atoms with E-state index in [0.717, 1.165) is 5.56 Å². The molecule has 0 unspecified atom stereocenters. The molecule has 22 heavy (non-hydrogen) atoms. The van der Waals surface area contributed by atoms with Gasteiger partial charge in [0.25, 0.3) is 11.1 Å². The highest BCUT2D eigenvalue weighted by atomic mass is 32.1. The quantitative estimate of drug-likeness (QED) is 0.782. The first-order chi connectivity index (χ1) is 10.7. The van der Waals surface area contributed by atoms with Gasteiger partial charge in [-0.05, 0) is 24.6 Å². The number of thiazole rings is 1. The Morgan fingerprint density at radius 3 is 2.82 bits per heavy atom.